The third-order valence-corrected chi connectivity index (χ3v) is 3.22. The lowest BCUT2D eigenvalue weighted by Crippen LogP contribution is -2.36. The van der Waals surface area contributed by atoms with Gasteiger partial charge in [-0.1, -0.05) is 25.0 Å². The molecule has 1 aliphatic carbocycles. The Morgan fingerprint density at radius 3 is 2.89 bits per heavy atom. The van der Waals surface area contributed by atoms with Crippen LogP contribution in [0.1, 0.15) is 31.2 Å². The van der Waals surface area contributed by atoms with Crippen molar-refractivity contribution >= 4 is 5.91 Å². The summed E-state index contributed by atoms with van der Waals surface area (Å²) < 4.78 is 5.45. The van der Waals surface area contributed by atoms with Gasteiger partial charge in [-0.15, -0.1) is 0 Å². The molecular weight excluding hydrogens is 228 g/mol. The fourth-order valence-electron chi connectivity index (χ4n) is 2.25. The minimum atomic E-state index is -0.0416. The summed E-state index contributed by atoms with van der Waals surface area (Å²) in [6, 6.07) is 7.86. The van der Waals surface area contributed by atoms with Gasteiger partial charge in [0.25, 0.3) is 5.91 Å². The van der Waals surface area contributed by atoms with E-state index in [4.69, 9.17) is 10.5 Å². The van der Waals surface area contributed by atoms with E-state index in [-0.39, 0.29) is 12.5 Å². The number of rotatable bonds is 5. The SMILES string of the molecule is NCc1cccc(OCC(=O)NC2CCCC2)c1. The van der Waals surface area contributed by atoms with Gasteiger partial charge in [-0.3, -0.25) is 4.79 Å². The van der Waals surface area contributed by atoms with Crippen molar-refractivity contribution < 1.29 is 9.53 Å². The van der Waals surface area contributed by atoms with Crippen LogP contribution in [-0.4, -0.2) is 18.6 Å². The van der Waals surface area contributed by atoms with E-state index in [1.54, 1.807) is 0 Å². The quantitative estimate of drug-likeness (QED) is 0.831. The summed E-state index contributed by atoms with van der Waals surface area (Å²) in [6.07, 6.45) is 4.61. The molecule has 0 saturated heterocycles. The third-order valence-electron chi connectivity index (χ3n) is 3.22. The van der Waals surface area contributed by atoms with Gasteiger partial charge in [-0.25, -0.2) is 0 Å². The Balaban J connectivity index is 1.77. The molecule has 0 unspecified atom stereocenters. The molecule has 4 nitrogen and oxygen atoms in total. The molecule has 0 atom stereocenters. The summed E-state index contributed by atoms with van der Waals surface area (Å²) >= 11 is 0. The Hall–Kier alpha value is -1.55. The van der Waals surface area contributed by atoms with Crippen LogP contribution in [0.25, 0.3) is 0 Å². The van der Waals surface area contributed by atoms with Crippen molar-refractivity contribution in [3.8, 4) is 5.75 Å². The highest BCUT2D eigenvalue weighted by molar-refractivity contribution is 5.77. The minimum absolute atomic E-state index is 0.0416. The third kappa shape index (κ3) is 3.74. The predicted molar refractivity (Wildman–Crippen MR) is 70.2 cm³/mol. The lowest BCUT2D eigenvalue weighted by atomic mass is 10.2. The lowest BCUT2D eigenvalue weighted by molar-refractivity contribution is -0.123. The standard InChI is InChI=1S/C14H20N2O2/c15-9-11-4-3-7-13(8-11)18-10-14(17)16-12-5-1-2-6-12/h3-4,7-8,12H,1-2,5-6,9-10,15H2,(H,16,17). The van der Waals surface area contributed by atoms with Crippen LogP contribution in [0.2, 0.25) is 0 Å². The first kappa shape index (κ1) is 12.9. The number of nitrogens with two attached hydrogens (primary N) is 1. The van der Waals surface area contributed by atoms with Crippen LogP contribution < -0.4 is 15.8 Å². The van der Waals surface area contributed by atoms with E-state index in [0.29, 0.717) is 18.3 Å². The molecule has 1 saturated carbocycles. The minimum Gasteiger partial charge on any atom is -0.484 e. The molecule has 1 aromatic carbocycles. The summed E-state index contributed by atoms with van der Waals surface area (Å²) in [7, 11) is 0. The van der Waals surface area contributed by atoms with Crippen LogP contribution in [0.4, 0.5) is 0 Å². The smallest absolute Gasteiger partial charge is 0.258 e. The number of hydrogen-bond acceptors (Lipinski definition) is 3. The van der Waals surface area contributed by atoms with E-state index in [1.165, 1.54) is 12.8 Å². The average molecular weight is 248 g/mol. The Morgan fingerprint density at radius 2 is 2.17 bits per heavy atom. The number of carbonyl (C=O) groups excluding carboxylic acids is 1. The highest BCUT2D eigenvalue weighted by Gasteiger charge is 2.17. The summed E-state index contributed by atoms with van der Waals surface area (Å²) in [5.74, 6) is 0.652. The molecule has 1 aromatic rings. The van der Waals surface area contributed by atoms with Gasteiger partial charge in [0.1, 0.15) is 5.75 Å². The zero-order valence-corrected chi connectivity index (χ0v) is 10.5. The number of hydrogen-bond donors (Lipinski definition) is 2. The van der Waals surface area contributed by atoms with E-state index < -0.39 is 0 Å². The molecule has 0 radical (unpaired) electrons. The van der Waals surface area contributed by atoms with Gasteiger partial charge < -0.3 is 15.8 Å². The monoisotopic (exact) mass is 248 g/mol. The lowest BCUT2D eigenvalue weighted by Gasteiger charge is -2.12. The largest absolute Gasteiger partial charge is 0.484 e. The molecule has 0 spiro atoms. The second kappa shape index (κ2) is 6.40. The van der Waals surface area contributed by atoms with Gasteiger partial charge in [-0.05, 0) is 30.5 Å². The normalized spacial score (nSPS) is 15.6. The van der Waals surface area contributed by atoms with Crippen molar-refractivity contribution in [1.29, 1.82) is 0 Å². The summed E-state index contributed by atoms with van der Waals surface area (Å²) in [6.45, 7) is 0.552. The first-order valence-corrected chi connectivity index (χ1v) is 6.49. The number of ether oxygens (including phenoxy) is 1. The van der Waals surface area contributed by atoms with Gasteiger partial charge in [0.05, 0.1) is 0 Å². The molecule has 18 heavy (non-hydrogen) atoms. The molecule has 0 aromatic heterocycles. The van der Waals surface area contributed by atoms with E-state index in [2.05, 4.69) is 5.32 Å². The van der Waals surface area contributed by atoms with Crippen LogP contribution in [0.3, 0.4) is 0 Å². The van der Waals surface area contributed by atoms with Crippen molar-refractivity contribution in [2.45, 2.75) is 38.3 Å². The van der Waals surface area contributed by atoms with Crippen molar-refractivity contribution in [2.75, 3.05) is 6.61 Å². The summed E-state index contributed by atoms with van der Waals surface area (Å²) in [4.78, 5) is 11.7. The molecule has 0 bridgehead atoms. The fourth-order valence-corrected chi connectivity index (χ4v) is 2.25. The van der Waals surface area contributed by atoms with Gasteiger partial charge in [0.2, 0.25) is 0 Å². The van der Waals surface area contributed by atoms with Crippen LogP contribution in [0, 0.1) is 0 Å². The predicted octanol–water partition coefficient (Wildman–Crippen LogP) is 1.58. The van der Waals surface area contributed by atoms with Crippen LogP contribution in [0.15, 0.2) is 24.3 Å². The molecule has 2 rings (SSSR count). The maximum Gasteiger partial charge on any atom is 0.258 e. The Kier molecular flexibility index (Phi) is 4.59. The van der Waals surface area contributed by atoms with Crippen molar-refractivity contribution in [2.24, 2.45) is 5.73 Å². The second-order valence-corrected chi connectivity index (χ2v) is 4.69. The van der Waals surface area contributed by atoms with Crippen molar-refractivity contribution in [1.82, 2.24) is 5.32 Å². The molecule has 3 N–H and O–H groups in total. The maximum absolute atomic E-state index is 11.7. The number of benzene rings is 1. The summed E-state index contributed by atoms with van der Waals surface area (Å²) in [5.41, 5.74) is 6.55. The Morgan fingerprint density at radius 1 is 1.39 bits per heavy atom. The topological polar surface area (TPSA) is 64.3 Å². The van der Waals surface area contributed by atoms with Crippen LogP contribution in [-0.2, 0) is 11.3 Å². The molecule has 0 heterocycles. The maximum atomic E-state index is 11.7. The van der Waals surface area contributed by atoms with Crippen LogP contribution >= 0.6 is 0 Å². The van der Waals surface area contributed by atoms with Crippen molar-refractivity contribution in [3.63, 3.8) is 0 Å². The Bertz CT molecular complexity index is 401. The fraction of sp³-hybridized carbons (Fsp3) is 0.500. The first-order valence-electron chi connectivity index (χ1n) is 6.49. The van der Waals surface area contributed by atoms with E-state index >= 15 is 0 Å². The molecule has 1 amide bonds. The zero-order chi connectivity index (χ0) is 12.8. The number of nitrogens with one attached hydrogen (secondary N) is 1. The number of carbonyl (C=O) groups is 1. The highest BCUT2D eigenvalue weighted by atomic mass is 16.5. The zero-order valence-electron chi connectivity index (χ0n) is 10.5. The van der Waals surface area contributed by atoms with Gasteiger partial charge >= 0.3 is 0 Å². The van der Waals surface area contributed by atoms with Gasteiger partial charge in [0.15, 0.2) is 6.61 Å². The summed E-state index contributed by atoms with van der Waals surface area (Å²) in [5, 5.41) is 2.99. The first-order chi connectivity index (χ1) is 8.78. The molecule has 1 aliphatic rings. The van der Waals surface area contributed by atoms with E-state index in [9.17, 15) is 4.79 Å². The molecular formula is C14H20N2O2. The molecule has 0 aliphatic heterocycles. The van der Waals surface area contributed by atoms with Crippen LogP contribution in [0.5, 0.6) is 5.75 Å². The molecule has 4 heteroatoms. The Labute approximate surface area is 108 Å². The number of amides is 1. The van der Waals surface area contributed by atoms with Crippen molar-refractivity contribution in [3.05, 3.63) is 29.8 Å². The average Bonchev–Trinajstić information content (AvgIpc) is 2.89. The molecule has 1 fully saturated rings. The van der Waals surface area contributed by atoms with Gasteiger partial charge in [0, 0.05) is 12.6 Å². The molecule has 98 valence electrons. The van der Waals surface area contributed by atoms with E-state index in [0.717, 1.165) is 18.4 Å². The highest BCUT2D eigenvalue weighted by Crippen LogP contribution is 2.17. The van der Waals surface area contributed by atoms with E-state index in [1.807, 2.05) is 24.3 Å². The van der Waals surface area contributed by atoms with Gasteiger partial charge in [-0.2, -0.15) is 0 Å². The second-order valence-electron chi connectivity index (χ2n) is 4.69.